The topological polar surface area (TPSA) is 187 Å². The maximum Gasteiger partial charge on any atom is 0.255 e. The van der Waals surface area contributed by atoms with Gasteiger partial charge in [-0.05, 0) is 18.6 Å². The maximum absolute atomic E-state index is 12.8. The van der Waals surface area contributed by atoms with Gasteiger partial charge in [-0.15, -0.1) is 0 Å². The van der Waals surface area contributed by atoms with Crippen molar-refractivity contribution in [3.05, 3.63) is 29.3 Å². The molecule has 5 amide bonds. The maximum atomic E-state index is 12.8. The second-order valence-corrected chi connectivity index (χ2v) is 7.61. The Morgan fingerprint density at radius 3 is 2.82 bits per heavy atom. The second kappa shape index (κ2) is 11.7. The monoisotopic (exact) mass is 470 g/mol. The molecule has 0 bridgehead atoms. The predicted molar refractivity (Wildman–Crippen MR) is 123 cm³/mol. The Hall–Kier alpha value is -4.13. The first-order valence-corrected chi connectivity index (χ1v) is 10.6. The molecule has 13 nitrogen and oxygen atoms in total. The van der Waals surface area contributed by atoms with Crippen LogP contribution in [0.25, 0.3) is 0 Å². The highest BCUT2D eigenvalue weighted by molar-refractivity contribution is 6.31. The summed E-state index contributed by atoms with van der Waals surface area (Å²) in [5, 5.41) is 13.9. The van der Waals surface area contributed by atoms with Crippen LogP contribution in [-0.2, 0) is 25.7 Å². The van der Waals surface area contributed by atoms with Crippen molar-refractivity contribution in [3.8, 4) is 0 Å². The second-order valence-electron chi connectivity index (χ2n) is 7.61. The van der Waals surface area contributed by atoms with E-state index in [0.717, 1.165) is 0 Å². The lowest BCUT2D eigenvalue weighted by molar-refractivity contribution is -0.137. The molecule has 2 heterocycles. The highest BCUT2D eigenvalue weighted by Crippen LogP contribution is 2.32. The fourth-order valence-corrected chi connectivity index (χ4v) is 3.68. The Balaban J connectivity index is 1.50. The van der Waals surface area contributed by atoms with Crippen LogP contribution >= 0.6 is 0 Å². The molecule has 1 aromatic rings. The molecule has 34 heavy (non-hydrogen) atoms. The molecule has 2 aliphatic rings. The highest BCUT2D eigenvalue weighted by atomic mass is 16.2. The van der Waals surface area contributed by atoms with Crippen molar-refractivity contribution in [1.82, 2.24) is 20.9 Å². The molecular weight excluding hydrogens is 444 g/mol. The fourth-order valence-electron chi connectivity index (χ4n) is 3.68. The van der Waals surface area contributed by atoms with Crippen LogP contribution in [0.5, 0.6) is 0 Å². The molecule has 180 valence electrons. The van der Waals surface area contributed by atoms with E-state index in [1.54, 1.807) is 18.2 Å². The van der Waals surface area contributed by atoms with Crippen molar-refractivity contribution in [2.24, 2.45) is 15.9 Å². The smallest absolute Gasteiger partial charge is 0.255 e. The molecular formula is C21H26N8O5. The molecule has 0 saturated carbocycles. The molecule has 0 aromatic heterocycles. The van der Waals surface area contributed by atoms with Gasteiger partial charge in [0.15, 0.2) is 0 Å². The lowest BCUT2D eigenvalue weighted by Crippen LogP contribution is -2.52. The molecule has 0 radical (unpaired) electrons. The lowest BCUT2D eigenvalue weighted by Gasteiger charge is -2.29. The van der Waals surface area contributed by atoms with E-state index < -0.39 is 11.9 Å². The van der Waals surface area contributed by atoms with E-state index in [1.807, 2.05) is 0 Å². The van der Waals surface area contributed by atoms with Crippen LogP contribution in [0, 0.1) is 0 Å². The highest BCUT2D eigenvalue weighted by Gasteiger charge is 2.39. The average molecular weight is 470 g/mol. The minimum Gasteiger partial charge on any atom is -0.353 e. The summed E-state index contributed by atoms with van der Waals surface area (Å²) in [5.74, 6) is 3.75. The Bertz CT molecular complexity index is 1040. The third kappa shape index (κ3) is 6.01. The van der Waals surface area contributed by atoms with E-state index in [-0.39, 0.29) is 50.2 Å². The number of amides is 5. The number of nitrogens with zero attached hydrogens (tertiary/aromatic N) is 3. The number of hydrogen-bond donors (Lipinski definition) is 5. The number of piperidine rings is 1. The zero-order chi connectivity index (χ0) is 24.5. The number of anilines is 1. The summed E-state index contributed by atoms with van der Waals surface area (Å²) in [6.45, 7) is 1.14. The predicted octanol–water partition coefficient (Wildman–Crippen LogP) is -1.89. The summed E-state index contributed by atoms with van der Waals surface area (Å²) >= 11 is 0. The first-order chi connectivity index (χ1) is 16.4. The number of fused-ring (bicyclic) bond motifs is 1. The van der Waals surface area contributed by atoms with E-state index in [4.69, 9.17) is 5.84 Å². The molecule has 1 unspecified atom stereocenters. The minimum absolute atomic E-state index is 0.0223. The van der Waals surface area contributed by atoms with Crippen molar-refractivity contribution in [1.29, 1.82) is 0 Å². The van der Waals surface area contributed by atoms with Crippen molar-refractivity contribution in [2.75, 3.05) is 31.5 Å². The zero-order valence-corrected chi connectivity index (χ0v) is 18.4. The molecule has 6 N–H and O–H groups in total. The van der Waals surface area contributed by atoms with Crippen molar-refractivity contribution in [3.63, 3.8) is 0 Å². The van der Waals surface area contributed by atoms with Crippen LogP contribution in [0.15, 0.2) is 28.3 Å². The number of carbonyl (C=O) groups is 5. The van der Waals surface area contributed by atoms with Crippen LogP contribution in [0.4, 0.5) is 5.69 Å². The van der Waals surface area contributed by atoms with Gasteiger partial charge >= 0.3 is 0 Å². The first-order valence-electron chi connectivity index (χ1n) is 10.6. The van der Waals surface area contributed by atoms with E-state index >= 15 is 0 Å². The summed E-state index contributed by atoms with van der Waals surface area (Å²) < 4.78 is 0. The Morgan fingerprint density at radius 2 is 2.09 bits per heavy atom. The molecule has 1 saturated heterocycles. The SMILES string of the molecule is N/N=C(\C=NCCNCC(=O)Nc1cccc2c1CN(C1CCC(=O)NC1=O)C2=O)CNC=O. The number of hydrogen-bond acceptors (Lipinski definition) is 9. The van der Waals surface area contributed by atoms with Crippen LogP contribution < -0.4 is 27.1 Å². The van der Waals surface area contributed by atoms with Gasteiger partial charge in [0.1, 0.15) is 6.04 Å². The van der Waals surface area contributed by atoms with Gasteiger partial charge < -0.3 is 26.7 Å². The van der Waals surface area contributed by atoms with Gasteiger partial charge in [0.2, 0.25) is 24.1 Å². The molecule has 1 atom stereocenters. The molecule has 3 rings (SSSR count). The van der Waals surface area contributed by atoms with Gasteiger partial charge in [0, 0.05) is 42.5 Å². The zero-order valence-electron chi connectivity index (χ0n) is 18.4. The number of nitrogens with one attached hydrogen (secondary N) is 4. The molecule has 13 heteroatoms. The van der Waals surface area contributed by atoms with Gasteiger partial charge in [-0.1, -0.05) is 6.07 Å². The Kier molecular flexibility index (Phi) is 8.40. The summed E-state index contributed by atoms with van der Waals surface area (Å²) in [4.78, 5) is 64.7. The Labute approximate surface area is 195 Å². The number of aliphatic imine (C=N–C) groups is 1. The molecule has 0 spiro atoms. The third-order valence-electron chi connectivity index (χ3n) is 5.33. The fraction of sp³-hybridized carbons (Fsp3) is 0.381. The summed E-state index contributed by atoms with van der Waals surface area (Å²) in [7, 11) is 0. The van der Waals surface area contributed by atoms with E-state index in [1.165, 1.54) is 11.1 Å². The summed E-state index contributed by atoms with van der Waals surface area (Å²) in [5.41, 5.74) is 1.96. The van der Waals surface area contributed by atoms with Gasteiger partial charge in [0.05, 0.1) is 25.3 Å². The molecule has 1 fully saturated rings. The van der Waals surface area contributed by atoms with Crippen molar-refractivity contribution >= 4 is 47.7 Å². The number of nitrogens with two attached hydrogens (primary N) is 1. The summed E-state index contributed by atoms with van der Waals surface area (Å²) in [6.07, 6.45) is 2.41. The normalized spacial score (nSPS) is 18.1. The lowest BCUT2D eigenvalue weighted by atomic mass is 10.0. The van der Waals surface area contributed by atoms with Gasteiger partial charge in [-0.2, -0.15) is 5.10 Å². The van der Waals surface area contributed by atoms with E-state index in [0.29, 0.717) is 42.0 Å². The van der Waals surface area contributed by atoms with Crippen LogP contribution in [0.3, 0.4) is 0 Å². The van der Waals surface area contributed by atoms with Gasteiger partial charge in [-0.3, -0.25) is 34.3 Å². The van der Waals surface area contributed by atoms with Gasteiger partial charge in [0.25, 0.3) is 5.91 Å². The largest absolute Gasteiger partial charge is 0.353 e. The number of benzene rings is 1. The number of imide groups is 1. The first kappa shape index (κ1) is 24.5. The van der Waals surface area contributed by atoms with Crippen molar-refractivity contribution < 1.29 is 24.0 Å². The van der Waals surface area contributed by atoms with Crippen molar-refractivity contribution in [2.45, 2.75) is 25.4 Å². The number of hydrazone groups is 1. The molecule has 0 aliphatic carbocycles. The van der Waals surface area contributed by atoms with Crippen LogP contribution in [0.2, 0.25) is 0 Å². The third-order valence-corrected chi connectivity index (χ3v) is 5.33. The van der Waals surface area contributed by atoms with Crippen LogP contribution in [-0.4, -0.2) is 79.1 Å². The number of carbonyl (C=O) groups excluding carboxylic acids is 5. The van der Waals surface area contributed by atoms with Gasteiger partial charge in [-0.25, -0.2) is 0 Å². The van der Waals surface area contributed by atoms with E-state index in [9.17, 15) is 24.0 Å². The molecule has 1 aromatic carbocycles. The minimum atomic E-state index is -0.720. The standard InChI is InChI=1S/C21H26N8O5/c22-28-13(9-25-12-30)8-23-6-7-24-10-19(32)26-16-3-1-2-14-15(16)11-29(21(14)34)17-4-5-18(31)27-20(17)33/h1-3,8,12,17,24H,4-7,9-11,22H2,(H,25,30)(H,26,32)(H,27,31,33)/b23-8?,28-13+. The quantitative estimate of drug-likeness (QED) is 0.0624. The Morgan fingerprint density at radius 1 is 1.26 bits per heavy atom. The molecule has 2 aliphatic heterocycles. The average Bonchev–Trinajstić information content (AvgIpc) is 3.15. The summed E-state index contributed by atoms with van der Waals surface area (Å²) in [6, 6.07) is 4.29. The van der Waals surface area contributed by atoms with E-state index in [2.05, 4.69) is 31.4 Å². The van der Waals surface area contributed by atoms with Crippen LogP contribution in [0.1, 0.15) is 28.8 Å². The number of rotatable bonds is 11.